The van der Waals surface area contributed by atoms with Gasteiger partial charge < -0.3 is 29.0 Å². The molecule has 0 aromatic heterocycles. The van der Waals surface area contributed by atoms with E-state index in [0.717, 1.165) is 0 Å². The highest BCUT2D eigenvalue weighted by molar-refractivity contribution is 5.96. The van der Waals surface area contributed by atoms with Gasteiger partial charge in [-0.25, -0.2) is 4.79 Å². The van der Waals surface area contributed by atoms with E-state index in [4.69, 9.17) is 23.7 Å². The van der Waals surface area contributed by atoms with Gasteiger partial charge in [0.05, 0.1) is 19.8 Å². The van der Waals surface area contributed by atoms with Crippen molar-refractivity contribution in [2.45, 2.75) is 0 Å². The second-order valence-corrected chi connectivity index (χ2v) is 5.26. The molecule has 0 spiro atoms. The summed E-state index contributed by atoms with van der Waals surface area (Å²) in [4.78, 5) is 24.0. The Morgan fingerprint density at radius 1 is 1.00 bits per heavy atom. The van der Waals surface area contributed by atoms with Gasteiger partial charge in [-0.3, -0.25) is 4.79 Å². The minimum Gasteiger partial charge on any atom is -0.493 e. The number of ether oxygens (including phenoxy) is 5. The van der Waals surface area contributed by atoms with Gasteiger partial charge in [-0.15, -0.1) is 0 Å². The molecule has 26 heavy (non-hydrogen) atoms. The van der Waals surface area contributed by atoms with Crippen LogP contribution in [0.3, 0.4) is 0 Å². The van der Waals surface area contributed by atoms with Crippen molar-refractivity contribution in [1.82, 2.24) is 0 Å². The second-order valence-electron chi connectivity index (χ2n) is 5.26. The third kappa shape index (κ3) is 3.80. The molecule has 1 aliphatic heterocycles. The van der Waals surface area contributed by atoms with Gasteiger partial charge in [-0.2, -0.15) is 0 Å². The summed E-state index contributed by atoms with van der Waals surface area (Å²) >= 11 is 0. The number of methoxy groups -OCH3 is 2. The maximum atomic E-state index is 12.1. The van der Waals surface area contributed by atoms with Gasteiger partial charge in [0.1, 0.15) is 0 Å². The Morgan fingerprint density at radius 2 is 1.77 bits per heavy atom. The Bertz CT molecular complexity index is 834. The molecule has 136 valence electrons. The minimum absolute atomic E-state index is 0.113. The summed E-state index contributed by atoms with van der Waals surface area (Å²) in [5.41, 5.74) is 0.764. The molecule has 8 heteroatoms. The highest BCUT2D eigenvalue weighted by Crippen LogP contribution is 2.32. The number of nitrogens with one attached hydrogen (secondary N) is 1. The number of anilines is 1. The molecule has 0 saturated carbocycles. The molecule has 1 amide bonds. The maximum Gasteiger partial charge on any atom is 0.338 e. The zero-order chi connectivity index (χ0) is 18.5. The predicted molar refractivity (Wildman–Crippen MR) is 91.0 cm³/mol. The molecular weight excluding hydrogens is 342 g/mol. The fourth-order valence-corrected chi connectivity index (χ4v) is 2.35. The number of carbonyl (C=O) groups excluding carboxylic acids is 2. The summed E-state index contributed by atoms with van der Waals surface area (Å²) in [7, 11) is 3.02. The topological polar surface area (TPSA) is 92.3 Å². The first-order chi connectivity index (χ1) is 12.6. The van der Waals surface area contributed by atoms with E-state index < -0.39 is 18.5 Å². The van der Waals surface area contributed by atoms with Gasteiger partial charge in [0.25, 0.3) is 5.91 Å². The van der Waals surface area contributed by atoms with Crippen LogP contribution in [0.5, 0.6) is 23.0 Å². The Hall–Kier alpha value is -3.42. The minimum atomic E-state index is -0.634. The lowest BCUT2D eigenvalue weighted by atomic mass is 10.2. The van der Waals surface area contributed by atoms with E-state index in [0.29, 0.717) is 28.7 Å². The largest absolute Gasteiger partial charge is 0.493 e. The third-order valence-electron chi connectivity index (χ3n) is 3.61. The summed E-state index contributed by atoms with van der Waals surface area (Å²) in [6, 6.07) is 9.59. The number of benzene rings is 2. The zero-order valence-corrected chi connectivity index (χ0v) is 14.2. The monoisotopic (exact) mass is 359 g/mol. The van der Waals surface area contributed by atoms with Crippen LogP contribution in [0, 0.1) is 0 Å². The number of esters is 1. The van der Waals surface area contributed by atoms with Crippen molar-refractivity contribution in [3.05, 3.63) is 42.0 Å². The average molecular weight is 359 g/mol. The van der Waals surface area contributed by atoms with Crippen LogP contribution >= 0.6 is 0 Å². The van der Waals surface area contributed by atoms with Crippen molar-refractivity contribution in [3.8, 4) is 23.0 Å². The predicted octanol–water partition coefficient (Wildman–Crippen LogP) is 2.23. The van der Waals surface area contributed by atoms with Crippen LogP contribution in [-0.4, -0.2) is 39.5 Å². The van der Waals surface area contributed by atoms with Crippen LogP contribution in [-0.2, 0) is 9.53 Å². The van der Waals surface area contributed by atoms with Crippen molar-refractivity contribution in [2.24, 2.45) is 0 Å². The summed E-state index contributed by atoms with van der Waals surface area (Å²) in [6.07, 6.45) is 0. The number of hydrogen-bond donors (Lipinski definition) is 1. The lowest BCUT2D eigenvalue weighted by Crippen LogP contribution is -2.21. The highest BCUT2D eigenvalue weighted by atomic mass is 16.7. The van der Waals surface area contributed by atoms with Crippen molar-refractivity contribution >= 4 is 17.6 Å². The maximum absolute atomic E-state index is 12.1. The summed E-state index contributed by atoms with van der Waals surface area (Å²) in [5, 5.41) is 2.62. The average Bonchev–Trinajstić information content (AvgIpc) is 3.13. The van der Waals surface area contributed by atoms with Crippen LogP contribution in [0.1, 0.15) is 10.4 Å². The fourth-order valence-electron chi connectivity index (χ4n) is 2.35. The van der Waals surface area contributed by atoms with Crippen LogP contribution in [0.4, 0.5) is 5.69 Å². The standard InChI is InChI=1S/C18H17NO7/c1-22-13-6-4-12(8-15(13)23-2)19-17(20)9-24-18(21)11-3-5-14-16(7-11)26-10-25-14/h3-8H,9-10H2,1-2H3,(H,19,20). The Balaban J connectivity index is 1.56. The van der Waals surface area contributed by atoms with Gasteiger partial charge in [-0.05, 0) is 30.3 Å². The van der Waals surface area contributed by atoms with E-state index in [1.165, 1.54) is 20.3 Å². The van der Waals surface area contributed by atoms with E-state index in [1.54, 1.807) is 30.3 Å². The number of carbonyl (C=O) groups is 2. The molecule has 3 rings (SSSR count). The Morgan fingerprint density at radius 3 is 2.54 bits per heavy atom. The number of hydrogen-bond acceptors (Lipinski definition) is 7. The van der Waals surface area contributed by atoms with Gasteiger partial charge >= 0.3 is 5.97 Å². The van der Waals surface area contributed by atoms with Crippen molar-refractivity contribution < 1.29 is 33.3 Å². The molecule has 1 aliphatic rings. The molecule has 2 aromatic rings. The van der Waals surface area contributed by atoms with E-state index in [9.17, 15) is 9.59 Å². The van der Waals surface area contributed by atoms with Crippen LogP contribution in [0.25, 0.3) is 0 Å². The van der Waals surface area contributed by atoms with Crippen molar-refractivity contribution in [3.63, 3.8) is 0 Å². The lowest BCUT2D eigenvalue weighted by Gasteiger charge is -2.11. The second kappa shape index (κ2) is 7.64. The van der Waals surface area contributed by atoms with E-state index in [2.05, 4.69) is 5.32 Å². The van der Waals surface area contributed by atoms with E-state index in [1.807, 2.05) is 0 Å². The molecule has 1 heterocycles. The van der Waals surface area contributed by atoms with Crippen LogP contribution in [0.15, 0.2) is 36.4 Å². The SMILES string of the molecule is COc1ccc(NC(=O)COC(=O)c2ccc3c(c2)OCO3)cc1OC. The highest BCUT2D eigenvalue weighted by Gasteiger charge is 2.18. The molecule has 0 radical (unpaired) electrons. The quantitative estimate of drug-likeness (QED) is 0.791. The van der Waals surface area contributed by atoms with Crippen LogP contribution < -0.4 is 24.3 Å². The summed E-state index contributed by atoms with van der Waals surface area (Å²) in [6.45, 7) is -0.316. The molecular formula is C18H17NO7. The molecule has 1 N–H and O–H groups in total. The first-order valence-electron chi connectivity index (χ1n) is 7.69. The van der Waals surface area contributed by atoms with Gasteiger partial charge in [-0.1, -0.05) is 0 Å². The Kier molecular flexibility index (Phi) is 5.12. The smallest absolute Gasteiger partial charge is 0.338 e. The molecule has 8 nitrogen and oxygen atoms in total. The van der Waals surface area contributed by atoms with Crippen LogP contribution in [0.2, 0.25) is 0 Å². The van der Waals surface area contributed by atoms with E-state index in [-0.39, 0.29) is 12.4 Å². The molecule has 0 unspecified atom stereocenters. The Labute approximate surface area is 149 Å². The molecule has 0 bridgehead atoms. The van der Waals surface area contributed by atoms with Crippen molar-refractivity contribution in [2.75, 3.05) is 32.9 Å². The molecule has 0 aliphatic carbocycles. The molecule has 2 aromatic carbocycles. The van der Waals surface area contributed by atoms with Gasteiger partial charge in [0.15, 0.2) is 29.6 Å². The van der Waals surface area contributed by atoms with Gasteiger partial charge in [0, 0.05) is 11.8 Å². The third-order valence-corrected chi connectivity index (χ3v) is 3.61. The number of fused-ring (bicyclic) bond motifs is 1. The molecule has 0 saturated heterocycles. The van der Waals surface area contributed by atoms with E-state index >= 15 is 0 Å². The van der Waals surface area contributed by atoms with Crippen molar-refractivity contribution in [1.29, 1.82) is 0 Å². The fraction of sp³-hybridized carbons (Fsp3) is 0.222. The number of rotatable bonds is 6. The van der Waals surface area contributed by atoms with Gasteiger partial charge in [0.2, 0.25) is 6.79 Å². The summed E-state index contributed by atoms with van der Waals surface area (Å²) in [5.74, 6) is 0.932. The summed E-state index contributed by atoms with van der Waals surface area (Å²) < 4.78 is 25.7. The number of amides is 1. The first kappa shape index (κ1) is 17.4. The molecule has 0 atom stereocenters. The first-order valence-corrected chi connectivity index (χ1v) is 7.69. The zero-order valence-electron chi connectivity index (χ0n) is 14.2. The normalized spacial score (nSPS) is 11.6. The molecule has 0 fully saturated rings. The lowest BCUT2D eigenvalue weighted by molar-refractivity contribution is -0.119.